The van der Waals surface area contributed by atoms with Gasteiger partial charge in [-0.15, -0.1) is 22.7 Å². The van der Waals surface area contributed by atoms with E-state index >= 15 is 0 Å². The average molecular weight is 1180 g/mol. The van der Waals surface area contributed by atoms with Gasteiger partial charge < -0.3 is 9.80 Å². The molecule has 6 heteroatoms. The molecule has 2 aliphatic heterocycles. The van der Waals surface area contributed by atoms with Crippen LogP contribution in [-0.2, 0) is 0 Å². The van der Waals surface area contributed by atoms with Crippen molar-refractivity contribution >= 4 is 143 Å². The van der Waals surface area contributed by atoms with Gasteiger partial charge in [-0.25, -0.2) is 0 Å². The summed E-state index contributed by atoms with van der Waals surface area (Å²) in [6, 6.07) is 122. The minimum Gasteiger partial charge on any atom is -0.310 e. The SMILES string of the molecule is c1ccc(-c2cccc(-c3ccc(-c4ccc(-c5cccc(-c6ccccc6)c5B5c6ccccc6N(c6cccc7c6sc6ccccc67)c6ccccc65)cc4)cc3)c2B2c3ccccc3N(c3cccc4c3sc3ccccc34)c3ccccc32)cc1. The maximum Gasteiger partial charge on any atom is 0.248 e. The third-order valence-corrected chi connectivity index (χ3v) is 21.3. The maximum atomic E-state index is 2.53. The monoisotopic (exact) mass is 1180 g/mol. The fourth-order valence-corrected chi connectivity index (χ4v) is 17.4. The molecule has 0 amide bonds. The normalized spacial score (nSPS) is 12.6. The van der Waals surface area contributed by atoms with Crippen LogP contribution in [0.2, 0.25) is 0 Å². The molecular weight excluding hydrogens is 1120 g/mol. The molecule has 0 N–H and O–H groups in total. The fourth-order valence-electron chi connectivity index (χ4n) is 15.0. The lowest BCUT2D eigenvalue weighted by Crippen LogP contribution is -2.58. The average Bonchev–Trinajstić information content (AvgIpc) is 0.897. The number of fused-ring (bicyclic) bond motifs is 10. The first kappa shape index (κ1) is 52.4. The fraction of sp³-hybridized carbons (Fsp3) is 0. The summed E-state index contributed by atoms with van der Waals surface area (Å²) in [6.07, 6.45) is 0. The van der Waals surface area contributed by atoms with Crippen molar-refractivity contribution in [2.75, 3.05) is 9.80 Å². The number of hydrogen-bond acceptors (Lipinski definition) is 4. The Kier molecular flexibility index (Phi) is 12.5. The minimum atomic E-state index is -0.0595. The zero-order chi connectivity index (χ0) is 59.2. The number of thiophene rings is 2. The molecule has 418 valence electrons. The summed E-state index contributed by atoms with van der Waals surface area (Å²) in [5.74, 6) is 0. The molecule has 0 aliphatic carbocycles. The van der Waals surface area contributed by atoms with E-state index in [-0.39, 0.29) is 13.4 Å². The first-order valence-electron chi connectivity index (χ1n) is 31.0. The summed E-state index contributed by atoms with van der Waals surface area (Å²) in [5, 5.41) is 5.19. The Morgan fingerprint density at radius 3 is 0.833 bits per heavy atom. The molecule has 2 aromatic heterocycles. The molecule has 4 heterocycles. The van der Waals surface area contributed by atoms with Crippen LogP contribution in [0.1, 0.15) is 0 Å². The molecule has 16 aromatic rings. The van der Waals surface area contributed by atoms with E-state index in [1.54, 1.807) is 0 Å². The molecule has 18 rings (SSSR count). The van der Waals surface area contributed by atoms with Crippen molar-refractivity contribution in [3.63, 3.8) is 0 Å². The van der Waals surface area contributed by atoms with Crippen LogP contribution in [0.3, 0.4) is 0 Å². The molecule has 2 aliphatic rings. The van der Waals surface area contributed by atoms with Gasteiger partial charge in [0.15, 0.2) is 0 Å². The summed E-state index contributed by atoms with van der Waals surface area (Å²) in [7, 11) is 0. The van der Waals surface area contributed by atoms with E-state index in [0.29, 0.717) is 0 Å². The predicted molar refractivity (Wildman–Crippen MR) is 391 cm³/mol. The van der Waals surface area contributed by atoms with Gasteiger partial charge in [-0.2, -0.15) is 0 Å². The van der Waals surface area contributed by atoms with Crippen LogP contribution in [0.15, 0.2) is 328 Å². The predicted octanol–water partition coefficient (Wildman–Crippen LogP) is 19.4. The van der Waals surface area contributed by atoms with Gasteiger partial charge in [0.05, 0.1) is 20.8 Å². The van der Waals surface area contributed by atoms with Crippen molar-refractivity contribution in [2.45, 2.75) is 0 Å². The highest BCUT2D eigenvalue weighted by atomic mass is 32.1. The maximum absolute atomic E-state index is 2.53. The summed E-state index contributed by atoms with van der Waals surface area (Å²) in [5.41, 5.74) is 27.0. The van der Waals surface area contributed by atoms with Gasteiger partial charge in [0.25, 0.3) is 0 Å². The molecule has 2 nitrogen and oxygen atoms in total. The second kappa shape index (κ2) is 21.5. The van der Waals surface area contributed by atoms with E-state index in [1.807, 2.05) is 22.7 Å². The lowest BCUT2D eigenvalue weighted by atomic mass is 9.33. The molecule has 0 spiro atoms. The Labute approximate surface area is 532 Å². The highest BCUT2D eigenvalue weighted by Gasteiger charge is 2.40. The summed E-state index contributed by atoms with van der Waals surface area (Å²) >= 11 is 3.77. The molecule has 0 fully saturated rings. The molecule has 0 saturated carbocycles. The Balaban J connectivity index is 0.739. The van der Waals surface area contributed by atoms with Crippen LogP contribution in [0.4, 0.5) is 34.1 Å². The Morgan fingerprint density at radius 2 is 0.467 bits per heavy atom. The smallest absolute Gasteiger partial charge is 0.248 e. The molecule has 0 radical (unpaired) electrons. The van der Waals surface area contributed by atoms with E-state index in [0.717, 1.165) is 0 Å². The van der Waals surface area contributed by atoms with Gasteiger partial charge in [-0.1, -0.05) is 290 Å². The quantitative estimate of drug-likeness (QED) is 0.133. The zero-order valence-electron chi connectivity index (χ0n) is 49.0. The van der Waals surface area contributed by atoms with Gasteiger partial charge in [0.2, 0.25) is 13.4 Å². The first-order valence-corrected chi connectivity index (χ1v) is 32.7. The van der Waals surface area contributed by atoms with Crippen LogP contribution in [0.5, 0.6) is 0 Å². The number of hydrogen-bond donors (Lipinski definition) is 0. The van der Waals surface area contributed by atoms with E-state index in [9.17, 15) is 0 Å². The standard InChI is InChI=1S/C84H54B2N2S2/c1-3-23-57(24-4-1)61-29-19-31-63(81(61)85-69-35-9-13-39-73(69)87(74-40-14-10-36-70(74)85)77-43-21-33-67-65-27-7-17-45-79(65)89-83(67)77)59-51-47-55(48-52-59)56-49-53-60(54-50-56)64-32-20-30-62(58-25-5-2-6-26-58)82(64)86-71-37-11-15-41-75(71)88(76-42-16-12-38-72(76)86)78-44-22-34-68-66-28-8-18-46-80(66)90-84(68)78/h1-54H. The molecule has 0 atom stereocenters. The highest BCUT2D eigenvalue weighted by molar-refractivity contribution is 7.27. The van der Waals surface area contributed by atoms with Gasteiger partial charge in [-0.3, -0.25) is 0 Å². The van der Waals surface area contributed by atoms with E-state index in [1.165, 1.54) is 163 Å². The van der Waals surface area contributed by atoms with Crippen molar-refractivity contribution in [1.29, 1.82) is 0 Å². The van der Waals surface area contributed by atoms with Crippen molar-refractivity contribution in [3.05, 3.63) is 328 Å². The topological polar surface area (TPSA) is 6.48 Å². The minimum absolute atomic E-state index is 0.0595. The Hall–Kier alpha value is -10.8. The van der Waals surface area contributed by atoms with E-state index < -0.39 is 0 Å². The lowest BCUT2D eigenvalue weighted by Gasteiger charge is -2.38. The van der Waals surface area contributed by atoms with Crippen molar-refractivity contribution in [1.82, 2.24) is 0 Å². The number of para-hydroxylation sites is 4. The largest absolute Gasteiger partial charge is 0.310 e. The van der Waals surface area contributed by atoms with Crippen LogP contribution in [0.25, 0.3) is 96.0 Å². The van der Waals surface area contributed by atoms with Gasteiger partial charge in [0, 0.05) is 53.7 Å². The summed E-state index contributed by atoms with van der Waals surface area (Å²) < 4.78 is 5.20. The second-order valence-corrected chi connectivity index (χ2v) is 25.8. The summed E-state index contributed by atoms with van der Waals surface area (Å²) in [4.78, 5) is 5.06. The van der Waals surface area contributed by atoms with Crippen LogP contribution >= 0.6 is 22.7 Å². The molecule has 0 saturated heterocycles. The van der Waals surface area contributed by atoms with Crippen molar-refractivity contribution < 1.29 is 0 Å². The number of benzene rings is 14. The summed E-state index contributed by atoms with van der Waals surface area (Å²) in [6.45, 7) is -0.119. The molecule has 90 heavy (non-hydrogen) atoms. The van der Waals surface area contributed by atoms with Crippen LogP contribution in [-0.4, -0.2) is 13.4 Å². The van der Waals surface area contributed by atoms with Gasteiger partial charge in [-0.05, 0) is 126 Å². The van der Waals surface area contributed by atoms with Gasteiger partial charge in [0.1, 0.15) is 0 Å². The van der Waals surface area contributed by atoms with Crippen LogP contribution < -0.4 is 42.6 Å². The third-order valence-electron chi connectivity index (χ3n) is 18.9. The molecule has 0 unspecified atom stereocenters. The Morgan fingerprint density at radius 1 is 0.200 bits per heavy atom. The first-order chi connectivity index (χ1) is 44.7. The van der Waals surface area contributed by atoms with E-state index in [4.69, 9.17) is 0 Å². The Bertz CT molecular complexity index is 5030. The molecule has 0 bridgehead atoms. The number of anilines is 6. The lowest BCUT2D eigenvalue weighted by molar-refractivity contribution is 1.31. The highest BCUT2D eigenvalue weighted by Crippen LogP contribution is 2.48. The zero-order valence-corrected chi connectivity index (χ0v) is 50.7. The van der Waals surface area contributed by atoms with Crippen molar-refractivity contribution in [3.8, 4) is 55.6 Å². The van der Waals surface area contributed by atoms with Crippen LogP contribution in [0, 0.1) is 0 Å². The van der Waals surface area contributed by atoms with Crippen molar-refractivity contribution in [2.24, 2.45) is 0 Å². The van der Waals surface area contributed by atoms with Gasteiger partial charge >= 0.3 is 0 Å². The molecular formula is C84H54B2N2S2. The number of rotatable bonds is 9. The second-order valence-electron chi connectivity index (χ2n) is 23.7. The molecule has 14 aromatic carbocycles. The third kappa shape index (κ3) is 8.40. The van der Waals surface area contributed by atoms with E-state index in [2.05, 4.69) is 337 Å². The number of nitrogens with zero attached hydrogens (tertiary/aromatic N) is 2.